The maximum absolute atomic E-state index is 11.3. The van der Waals surface area contributed by atoms with Crippen LogP contribution in [0.3, 0.4) is 0 Å². The van der Waals surface area contributed by atoms with Gasteiger partial charge in [0.25, 0.3) is 0 Å². The van der Waals surface area contributed by atoms with Gasteiger partial charge in [-0.25, -0.2) is 5.06 Å². The van der Waals surface area contributed by atoms with E-state index in [9.17, 15) is 4.79 Å². The molecule has 1 N–H and O–H groups in total. The molecule has 6 heteroatoms. The number of hydrogen-bond donors (Lipinski definition) is 1. The molecule has 2 bridgehead atoms. The average Bonchev–Trinajstić information content (AvgIpc) is 3.25. The molecule has 3 rings (SSSR count). The monoisotopic (exact) mass is 385 g/mol. The van der Waals surface area contributed by atoms with Crippen LogP contribution in [0.5, 0.6) is 0 Å². The van der Waals surface area contributed by atoms with Crippen LogP contribution >= 0.6 is 11.8 Å². The highest BCUT2D eigenvalue weighted by atomic mass is 32.2. The number of ether oxygens (including phenoxy) is 2. The zero-order valence-corrected chi connectivity index (χ0v) is 16.9. The molecule has 2 aliphatic heterocycles. The van der Waals surface area contributed by atoms with Crippen molar-refractivity contribution in [3.63, 3.8) is 0 Å². The summed E-state index contributed by atoms with van der Waals surface area (Å²) >= 11 is 2.20. The Bertz CT molecular complexity index is 442. The van der Waals surface area contributed by atoms with Crippen molar-refractivity contribution in [2.24, 2.45) is 11.8 Å². The predicted octanol–water partition coefficient (Wildman–Crippen LogP) is 3.88. The van der Waals surface area contributed by atoms with E-state index >= 15 is 0 Å². The summed E-state index contributed by atoms with van der Waals surface area (Å²) in [5.41, 5.74) is 0. The smallest absolute Gasteiger partial charge is 0.245 e. The van der Waals surface area contributed by atoms with Gasteiger partial charge in [0.1, 0.15) is 0 Å². The van der Waals surface area contributed by atoms with E-state index < -0.39 is 0 Å². The zero-order valence-electron chi connectivity index (χ0n) is 16.1. The van der Waals surface area contributed by atoms with Crippen molar-refractivity contribution in [2.45, 2.75) is 81.7 Å². The summed E-state index contributed by atoms with van der Waals surface area (Å²) in [6, 6.07) is 0. The molecule has 2 heterocycles. The fourth-order valence-electron chi connectivity index (χ4n) is 4.79. The molecule has 150 valence electrons. The molecule has 5 nitrogen and oxygen atoms in total. The number of hydroxylamine groups is 2. The first-order chi connectivity index (χ1) is 12.6. The third-order valence-electron chi connectivity index (χ3n) is 6.30. The van der Waals surface area contributed by atoms with Crippen LogP contribution < -0.4 is 0 Å². The lowest BCUT2D eigenvalue weighted by atomic mass is 9.79. The normalized spacial score (nSPS) is 31.5. The van der Waals surface area contributed by atoms with Gasteiger partial charge < -0.3 is 9.47 Å². The Morgan fingerprint density at radius 3 is 2.58 bits per heavy atom. The minimum atomic E-state index is -0.255. The van der Waals surface area contributed by atoms with Gasteiger partial charge in [-0.1, -0.05) is 19.3 Å². The Morgan fingerprint density at radius 1 is 1.12 bits per heavy atom. The van der Waals surface area contributed by atoms with Crippen LogP contribution in [0.25, 0.3) is 0 Å². The summed E-state index contributed by atoms with van der Waals surface area (Å²) in [6.45, 7) is 1.34. The van der Waals surface area contributed by atoms with E-state index in [-0.39, 0.29) is 5.91 Å². The SMILES string of the molecule is CN(O)C(=O)CCCOCC[C@H]1[C@@H](CSC2CCCCC2)[C@H]2CC[C@@H]1O2. The minimum absolute atomic E-state index is 0.255. The zero-order chi connectivity index (χ0) is 18.4. The number of thioether (sulfide) groups is 1. The molecule has 0 spiro atoms. The fourth-order valence-corrected chi connectivity index (χ4v) is 6.41. The molecule has 4 atom stereocenters. The second-order valence-corrected chi connectivity index (χ2v) is 9.47. The van der Waals surface area contributed by atoms with Crippen molar-refractivity contribution < 1.29 is 19.5 Å². The molecule has 3 aliphatic rings. The van der Waals surface area contributed by atoms with Crippen molar-refractivity contribution in [3.05, 3.63) is 0 Å². The summed E-state index contributed by atoms with van der Waals surface area (Å²) < 4.78 is 12.0. The number of amides is 1. The van der Waals surface area contributed by atoms with E-state index in [0.717, 1.165) is 18.3 Å². The fraction of sp³-hybridized carbons (Fsp3) is 0.950. The Balaban J connectivity index is 1.33. The first kappa shape index (κ1) is 20.4. The van der Waals surface area contributed by atoms with Crippen molar-refractivity contribution in [1.82, 2.24) is 5.06 Å². The number of rotatable bonds is 10. The van der Waals surface area contributed by atoms with Crippen LogP contribution in [0.15, 0.2) is 0 Å². The standard InChI is InChI=1S/C20H35NO4S/c1-21(23)20(22)8-5-12-24-13-11-16-17(19-10-9-18(16)25-19)14-26-15-6-3-2-4-7-15/h15-19,23H,2-14H2,1H3/t16-,17+,18-,19+/m0/s1. The van der Waals surface area contributed by atoms with Gasteiger partial charge in [-0.05, 0) is 56.1 Å². The molecule has 3 fully saturated rings. The van der Waals surface area contributed by atoms with Crippen LogP contribution in [0.2, 0.25) is 0 Å². The van der Waals surface area contributed by atoms with Gasteiger partial charge in [-0.2, -0.15) is 11.8 Å². The third kappa shape index (κ3) is 5.60. The Kier molecular flexibility index (Phi) is 8.10. The third-order valence-corrected chi connectivity index (χ3v) is 7.82. The van der Waals surface area contributed by atoms with Gasteiger partial charge in [0.2, 0.25) is 5.91 Å². The largest absolute Gasteiger partial charge is 0.381 e. The Hall–Kier alpha value is -0.300. The molecule has 0 aromatic rings. The van der Waals surface area contributed by atoms with Gasteiger partial charge >= 0.3 is 0 Å². The van der Waals surface area contributed by atoms with E-state index in [1.807, 2.05) is 0 Å². The number of carbonyl (C=O) groups excluding carboxylic acids is 1. The predicted molar refractivity (Wildman–Crippen MR) is 103 cm³/mol. The first-order valence-electron chi connectivity index (χ1n) is 10.5. The maximum Gasteiger partial charge on any atom is 0.245 e. The lowest BCUT2D eigenvalue weighted by Crippen LogP contribution is -2.30. The first-order valence-corrected chi connectivity index (χ1v) is 11.5. The van der Waals surface area contributed by atoms with Crippen LogP contribution in [-0.2, 0) is 14.3 Å². The number of carbonyl (C=O) groups is 1. The molecular weight excluding hydrogens is 350 g/mol. The van der Waals surface area contributed by atoms with E-state index in [0.29, 0.717) is 48.6 Å². The molecular formula is C20H35NO4S. The molecule has 26 heavy (non-hydrogen) atoms. The molecule has 0 aromatic carbocycles. The van der Waals surface area contributed by atoms with Gasteiger partial charge in [0.05, 0.1) is 12.2 Å². The van der Waals surface area contributed by atoms with Crippen molar-refractivity contribution >= 4 is 17.7 Å². The van der Waals surface area contributed by atoms with Gasteiger partial charge in [0.15, 0.2) is 0 Å². The molecule has 1 saturated carbocycles. The summed E-state index contributed by atoms with van der Waals surface area (Å²) in [7, 11) is 1.36. The quantitative estimate of drug-likeness (QED) is 0.351. The average molecular weight is 386 g/mol. The number of hydrogen-bond acceptors (Lipinski definition) is 5. The second kappa shape index (κ2) is 10.3. The molecule has 0 radical (unpaired) electrons. The molecule has 1 amide bonds. The topological polar surface area (TPSA) is 59.0 Å². The van der Waals surface area contributed by atoms with Crippen molar-refractivity contribution in [2.75, 3.05) is 26.0 Å². The highest BCUT2D eigenvalue weighted by molar-refractivity contribution is 7.99. The minimum Gasteiger partial charge on any atom is -0.381 e. The van der Waals surface area contributed by atoms with Crippen LogP contribution in [0, 0.1) is 11.8 Å². The lowest BCUT2D eigenvalue weighted by molar-refractivity contribution is -0.159. The number of fused-ring (bicyclic) bond motifs is 2. The van der Waals surface area contributed by atoms with Crippen molar-refractivity contribution in [1.29, 1.82) is 0 Å². The molecule has 0 aromatic heterocycles. The van der Waals surface area contributed by atoms with E-state index in [1.165, 1.54) is 57.7 Å². The molecule has 2 saturated heterocycles. The second-order valence-electron chi connectivity index (χ2n) is 8.13. The lowest BCUT2D eigenvalue weighted by Gasteiger charge is -2.30. The highest BCUT2D eigenvalue weighted by Gasteiger charge is 2.48. The summed E-state index contributed by atoms with van der Waals surface area (Å²) in [5.74, 6) is 2.35. The maximum atomic E-state index is 11.3. The Morgan fingerprint density at radius 2 is 1.85 bits per heavy atom. The summed E-state index contributed by atoms with van der Waals surface area (Å²) in [4.78, 5) is 11.3. The van der Waals surface area contributed by atoms with Gasteiger partial charge in [0, 0.05) is 31.9 Å². The molecule has 0 unspecified atom stereocenters. The number of nitrogens with zero attached hydrogens (tertiary/aromatic N) is 1. The Labute approximate surface area is 162 Å². The summed E-state index contributed by atoms with van der Waals surface area (Å²) in [6.07, 6.45) is 12.5. The van der Waals surface area contributed by atoms with E-state index in [2.05, 4.69) is 11.8 Å². The van der Waals surface area contributed by atoms with Crippen LogP contribution in [0.1, 0.15) is 64.2 Å². The highest BCUT2D eigenvalue weighted by Crippen LogP contribution is 2.47. The van der Waals surface area contributed by atoms with Gasteiger partial charge in [-0.15, -0.1) is 0 Å². The van der Waals surface area contributed by atoms with E-state index in [1.54, 1.807) is 0 Å². The summed E-state index contributed by atoms with van der Waals surface area (Å²) in [5, 5.41) is 10.6. The van der Waals surface area contributed by atoms with E-state index in [4.69, 9.17) is 14.7 Å². The van der Waals surface area contributed by atoms with Gasteiger partial charge in [-0.3, -0.25) is 10.0 Å². The van der Waals surface area contributed by atoms with Crippen LogP contribution in [-0.4, -0.2) is 59.6 Å². The van der Waals surface area contributed by atoms with Crippen molar-refractivity contribution in [3.8, 4) is 0 Å². The molecule has 1 aliphatic carbocycles. The van der Waals surface area contributed by atoms with Crippen LogP contribution in [0.4, 0.5) is 0 Å².